The van der Waals surface area contributed by atoms with E-state index in [1.165, 1.54) is 161 Å². The fourth-order valence-corrected chi connectivity index (χ4v) is 11.4. The van der Waals surface area contributed by atoms with Gasteiger partial charge in [0.2, 0.25) is 5.91 Å². The highest BCUT2D eigenvalue weighted by atomic mass is 16.8. The third-order valence-electron chi connectivity index (χ3n) is 16.8. The average molecular weight is 1180 g/mol. The summed E-state index contributed by atoms with van der Waals surface area (Å²) < 4.78 is 34.4. The van der Waals surface area contributed by atoms with Crippen LogP contribution in [0.25, 0.3) is 0 Å². The van der Waals surface area contributed by atoms with Crippen LogP contribution in [0.1, 0.15) is 251 Å². The topological polar surface area (TPSA) is 307 Å². The highest BCUT2D eigenvalue weighted by Crippen LogP contribution is 2.33. The number of aliphatic hydroxyl groups is 11. The number of amides is 1. The number of hydrogen-bond donors (Lipinski definition) is 12. The number of aliphatic hydroxyl groups excluding tert-OH is 11. The van der Waals surface area contributed by atoms with Crippen molar-refractivity contribution in [2.24, 2.45) is 0 Å². The van der Waals surface area contributed by atoms with Crippen LogP contribution in [0.2, 0.25) is 0 Å². The predicted octanol–water partition coefficient (Wildman–Crippen LogP) is 7.33. The van der Waals surface area contributed by atoms with Crippen molar-refractivity contribution in [1.29, 1.82) is 0 Å². The quantitative estimate of drug-likeness (QED) is 0.0210. The Labute approximate surface area is 493 Å². The van der Waals surface area contributed by atoms with E-state index in [0.717, 1.165) is 57.8 Å². The highest BCUT2D eigenvalue weighted by Gasteiger charge is 2.53. The third kappa shape index (κ3) is 29.5. The number of rotatable bonds is 50. The summed E-state index contributed by atoms with van der Waals surface area (Å²) in [5.74, 6) is -0.244. The molecule has 3 aliphatic heterocycles. The van der Waals surface area contributed by atoms with Gasteiger partial charge in [-0.2, -0.15) is 0 Å². The maximum absolute atomic E-state index is 13.4. The van der Waals surface area contributed by atoms with Gasteiger partial charge in [-0.3, -0.25) is 4.79 Å². The zero-order valence-electron chi connectivity index (χ0n) is 50.7. The normalized spacial score (nSPS) is 29.6. The molecule has 484 valence electrons. The number of ether oxygens (including phenoxy) is 6. The molecule has 0 bridgehead atoms. The van der Waals surface area contributed by atoms with Crippen LogP contribution in [0.5, 0.6) is 0 Å². The molecule has 19 heteroatoms. The lowest BCUT2D eigenvalue weighted by atomic mass is 9.96. The first kappa shape index (κ1) is 74.8. The number of unbranched alkanes of at least 4 members (excludes halogenated alkanes) is 32. The molecule has 0 aromatic carbocycles. The lowest BCUT2D eigenvalue weighted by molar-refractivity contribution is -0.379. The molecule has 3 saturated heterocycles. The number of allylic oxidation sites excluding steroid dienone is 2. The lowest BCUT2D eigenvalue weighted by Crippen LogP contribution is -2.66. The first-order valence-electron chi connectivity index (χ1n) is 32.9. The number of nitrogens with one attached hydrogen (secondary N) is 1. The largest absolute Gasteiger partial charge is 0.394 e. The van der Waals surface area contributed by atoms with E-state index in [-0.39, 0.29) is 18.9 Å². The van der Waals surface area contributed by atoms with Gasteiger partial charge in [0, 0.05) is 6.42 Å². The first-order chi connectivity index (χ1) is 39.8. The Kier molecular flexibility index (Phi) is 42.5. The predicted molar refractivity (Wildman–Crippen MR) is 314 cm³/mol. The summed E-state index contributed by atoms with van der Waals surface area (Å²) in [7, 11) is 0. The Balaban J connectivity index is 1.46. The van der Waals surface area contributed by atoms with Gasteiger partial charge in [-0.15, -0.1) is 0 Å². The number of carbonyl (C=O) groups excluding carboxylic acids is 1. The molecule has 17 unspecified atom stereocenters. The maximum Gasteiger partial charge on any atom is 0.220 e. The molecule has 0 aromatic heterocycles. The van der Waals surface area contributed by atoms with Crippen LogP contribution in [-0.2, 0) is 33.2 Å². The van der Waals surface area contributed by atoms with Gasteiger partial charge in [-0.1, -0.05) is 219 Å². The Morgan fingerprint density at radius 2 is 0.768 bits per heavy atom. The van der Waals surface area contributed by atoms with Crippen LogP contribution in [0.3, 0.4) is 0 Å². The molecule has 12 N–H and O–H groups in total. The molecule has 0 aliphatic carbocycles. The number of carbonyl (C=O) groups is 1. The highest BCUT2D eigenvalue weighted by molar-refractivity contribution is 5.76. The summed E-state index contributed by atoms with van der Waals surface area (Å²) in [6.07, 6.45) is 21.4. The van der Waals surface area contributed by atoms with Crippen molar-refractivity contribution in [1.82, 2.24) is 5.32 Å². The Morgan fingerprint density at radius 1 is 0.427 bits per heavy atom. The van der Waals surface area contributed by atoms with Crippen molar-refractivity contribution in [2.75, 3.05) is 26.4 Å². The molecule has 0 aromatic rings. The first-order valence-corrected chi connectivity index (χ1v) is 32.9. The molecule has 0 spiro atoms. The van der Waals surface area contributed by atoms with Crippen LogP contribution < -0.4 is 5.32 Å². The minimum absolute atomic E-state index is 0.244. The molecular formula is C63H119NO18. The minimum atomic E-state index is -1.97. The summed E-state index contributed by atoms with van der Waals surface area (Å²) in [5, 5.41) is 120. The van der Waals surface area contributed by atoms with E-state index in [1.54, 1.807) is 0 Å². The smallest absolute Gasteiger partial charge is 0.220 e. The lowest BCUT2D eigenvalue weighted by Gasteiger charge is -2.48. The summed E-state index contributed by atoms with van der Waals surface area (Å²) in [5.41, 5.74) is 0. The molecule has 3 aliphatic rings. The van der Waals surface area contributed by atoms with Crippen molar-refractivity contribution in [3.8, 4) is 0 Å². The third-order valence-corrected chi connectivity index (χ3v) is 16.8. The summed E-state index contributed by atoms with van der Waals surface area (Å²) in [6, 6.07) is -0.886. The molecule has 82 heavy (non-hydrogen) atoms. The standard InChI is InChI=1S/C63H119NO18/c1-3-5-7-9-11-13-15-17-19-21-22-23-25-26-28-30-32-34-36-38-40-47(68)46(64-51(69)41-39-37-35-33-31-29-27-24-20-18-16-14-12-10-8-6-4-2)45-77-61-57(75)54(72)59(49(43-66)79-61)82-63-58(76)55(73)60(50(44-67)80-63)81-62-56(74)53(71)52(70)48(42-65)78-62/h18,20,46-50,52-63,65-68,70-76H,3-17,19,21-45H2,1-2H3,(H,64,69)/b20-18-. The maximum atomic E-state index is 13.4. The van der Waals surface area contributed by atoms with Gasteiger partial charge in [-0.05, 0) is 38.5 Å². The van der Waals surface area contributed by atoms with Gasteiger partial charge in [0.05, 0.1) is 38.6 Å². The SMILES string of the molecule is CCCCCCCC/C=C\CCCCCCCCCC(=O)NC(COC1OC(CO)C(OC2OC(CO)C(OC3OC(CO)C(O)C(O)C3O)C(O)C2O)C(O)C1O)C(O)CCCCCCCCCCCCCCCCCCCCCC. The van der Waals surface area contributed by atoms with E-state index in [1.807, 2.05) is 0 Å². The second kappa shape index (κ2) is 46.7. The molecule has 0 saturated carbocycles. The van der Waals surface area contributed by atoms with E-state index in [4.69, 9.17) is 28.4 Å². The van der Waals surface area contributed by atoms with Crippen molar-refractivity contribution in [2.45, 2.75) is 356 Å². The zero-order valence-corrected chi connectivity index (χ0v) is 50.7. The monoisotopic (exact) mass is 1180 g/mol. The molecule has 3 heterocycles. The summed E-state index contributed by atoms with van der Waals surface area (Å²) in [6.45, 7) is 1.81. The summed E-state index contributed by atoms with van der Waals surface area (Å²) >= 11 is 0. The molecule has 1 amide bonds. The van der Waals surface area contributed by atoms with E-state index in [0.29, 0.717) is 12.8 Å². The molecule has 17 atom stereocenters. The molecule has 19 nitrogen and oxygen atoms in total. The van der Waals surface area contributed by atoms with E-state index >= 15 is 0 Å². The number of hydrogen-bond acceptors (Lipinski definition) is 18. The van der Waals surface area contributed by atoms with Crippen LogP contribution in [0, 0.1) is 0 Å². The van der Waals surface area contributed by atoms with Crippen LogP contribution in [-0.4, -0.2) is 193 Å². The van der Waals surface area contributed by atoms with Gasteiger partial charge >= 0.3 is 0 Å². The fourth-order valence-electron chi connectivity index (χ4n) is 11.4. The fraction of sp³-hybridized carbons (Fsp3) is 0.952. The van der Waals surface area contributed by atoms with E-state index in [2.05, 4.69) is 31.3 Å². The van der Waals surface area contributed by atoms with Crippen LogP contribution >= 0.6 is 0 Å². The average Bonchev–Trinajstić information content (AvgIpc) is 3.39. The Hall–Kier alpha value is -1.47. The summed E-state index contributed by atoms with van der Waals surface area (Å²) in [4.78, 5) is 13.4. The van der Waals surface area contributed by atoms with Crippen molar-refractivity contribution < 1.29 is 89.4 Å². The van der Waals surface area contributed by atoms with E-state index in [9.17, 15) is 61.0 Å². The van der Waals surface area contributed by atoms with Gasteiger partial charge in [0.15, 0.2) is 18.9 Å². The molecule has 3 rings (SSSR count). The molecule has 0 radical (unpaired) electrons. The van der Waals surface area contributed by atoms with Gasteiger partial charge < -0.3 is 89.9 Å². The van der Waals surface area contributed by atoms with Crippen LogP contribution in [0.15, 0.2) is 12.2 Å². The Bertz CT molecular complexity index is 1550. The van der Waals surface area contributed by atoms with E-state index < -0.39 is 124 Å². The Morgan fingerprint density at radius 3 is 1.18 bits per heavy atom. The van der Waals surface area contributed by atoms with Gasteiger partial charge in [-0.25, -0.2) is 0 Å². The second-order valence-corrected chi connectivity index (χ2v) is 23.9. The minimum Gasteiger partial charge on any atom is -0.394 e. The van der Waals surface area contributed by atoms with Gasteiger partial charge in [0.1, 0.15) is 73.2 Å². The van der Waals surface area contributed by atoms with Gasteiger partial charge in [0.25, 0.3) is 0 Å². The zero-order chi connectivity index (χ0) is 59.7. The van der Waals surface area contributed by atoms with Crippen LogP contribution in [0.4, 0.5) is 0 Å². The van der Waals surface area contributed by atoms with Crippen molar-refractivity contribution in [3.05, 3.63) is 12.2 Å². The molecular weight excluding hydrogens is 1060 g/mol. The van der Waals surface area contributed by atoms with Crippen molar-refractivity contribution >= 4 is 5.91 Å². The molecule has 3 fully saturated rings. The second-order valence-electron chi connectivity index (χ2n) is 23.9. The van der Waals surface area contributed by atoms with Crippen molar-refractivity contribution in [3.63, 3.8) is 0 Å².